The lowest BCUT2D eigenvalue weighted by atomic mass is 9.82. The molecular formula is C35H42FN3O2. The third-order valence-electron chi connectivity index (χ3n) is 8.68. The summed E-state index contributed by atoms with van der Waals surface area (Å²) in [5.74, 6) is -1.50. The van der Waals surface area contributed by atoms with E-state index in [-0.39, 0.29) is 22.8 Å². The van der Waals surface area contributed by atoms with Gasteiger partial charge in [-0.2, -0.15) is 0 Å². The van der Waals surface area contributed by atoms with Gasteiger partial charge in [0.2, 0.25) is 5.91 Å². The van der Waals surface area contributed by atoms with Gasteiger partial charge in [0.15, 0.2) is 0 Å². The molecule has 1 unspecified atom stereocenters. The van der Waals surface area contributed by atoms with E-state index < -0.39 is 17.8 Å². The number of aryl methyl sites for hydroxylation is 1. The first-order chi connectivity index (χ1) is 19.6. The standard InChI is InChI=1S/C35H42FN3O2/c1-23-9-5-15-30(36)31(23)34(41)39-20-8-14-29(33(40)38-28-13-6-10-26(21-28)35(2,3)4)32(39)25-18-16-24(17-19-25)22-37-27-11-7-12-27/h5-6,9-10,13,15-19,21,27,29,32,37H,7-8,11-12,14,20,22H2,1-4H3,(H,38,40)/t29?,32-/m0/s1. The lowest BCUT2D eigenvalue weighted by molar-refractivity contribution is -0.123. The third kappa shape index (κ3) is 6.54. The topological polar surface area (TPSA) is 61.4 Å². The molecule has 41 heavy (non-hydrogen) atoms. The fraction of sp³-hybridized carbons (Fsp3) is 0.429. The predicted octanol–water partition coefficient (Wildman–Crippen LogP) is 7.31. The molecule has 2 atom stereocenters. The Hall–Kier alpha value is -3.51. The Kier molecular flexibility index (Phi) is 8.60. The fourth-order valence-corrected chi connectivity index (χ4v) is 5.96. The molecule has 2 amide bonds. The highest BCUT2D eigenvalue weighted by Gasteiger charge is 2.40. The Bertz CT molecular complexity index is 1370. The molecule has 3 aromatic carbocycles. The molecule has 5 rings (SSSR count). The van der Waals surface area contributed by atoms with Crippen LogP contribution in [0.4, 0.5) is 10.1 Å². The van der Waals surface area contributed by atoms with Crippen molar-refractivity contribution < 1.29 is 14.0 Å². The van der Waals surface area contributed by atoms with Gasteiger partial charge >= 0.3 is 0 Å². The van der Waals surface area contributed by atoms with Crippen LogP contribution in [0.2, 0.25) is 0 Å². The normalized spacial score (nSPS) is 19.5. The Morgan fingerprint density at radius 3 is 2.34 bits per heavy atom. The van der Waals surface area contributed by atoms with Crippen molar-refractivity contribution in [2.45, 2.75) is 83.8 Å². The minimum Gasteiger partial charge on any atom is -0.331 e. The van der Waals surface area contributed by atoms with E-state index in [0.29, 0.717) is 31.0 Å². The minimum absolute atomic E-state index is 0.0514. The van der Waals surface area contributed by atoms with Crippen molar-refractivity contribution >= 4 is 17.5 Å². The van der Waals surface area contributed by atoms with Gasteiger partial charge in [0.25, 0.3) is 5.91 Å². The van der Waals surface area contributed by atoms with Crippen LogP contribution in [0, 0.1) is 18.7 Å². The summed E-state index contributed by atoms with van der Waals surface area (Å²) in [6.45, 7) is 9.44. The maximum absolute atomic E-state index is 15.0. The highest BCUT2D eigenvalue weighted by atomic mass is 19.1. The number of amides is 2. The van der Waals surface area contributed by atoms with E-state index in [1.807, 2.05) is 30.3 Å². The number of nitrogens with zero attached hydrogens (tertiary/aromatic N) is 1. The Balaban J connectivity index is 1.45. The smallest absolute Gasteiger partial charge is 0.257 e. The van der Waals surface area contributed by atoms with Gasteiger partial charge in [-0.15, -0.1) is 0 Å². The van der Waals surface area contributed by atoms with Gasteiger partial charge in [-0.05, 0) is 78.5 Å². The first kappa shape index (κ1) is 29.0. The number of halogens is 1. The number of hydrogen-bond donors (Lipinski definition) is 2. The van der Waals surface area contributed by atoms with Crippen LogP contribution in [0.1, 0.15) is 91.5 Å². The molecule has 6 heteroatoms. The molecule has 1 aliphatic carbocycles. The van der Waals surface area contributed by atoms with Crippen LogP contribution < -0.4 is 10.6 Å². The van der Waals surface area contributed by atoms with Gasteiger partial charge in [-0.3, -0.25) is 9.59 Å². The van der Waals surface area contributed by atoms with E-state index >= 15 is 0 Å². The zero-order valence-corrected chi connectivity index (χ0v) is 24.7. The molecule has 1 saturated heterocycles. The molecule has 1 saturated carbocycles. The van der Waals surface area contributed by atoms with Crippen molar-refractivity contribution in [3.8, 4) is 0 Å². The fourth-order valence-electron chi connectivity index (χ4n) is 5.96. The van der Waals surface area contributed by atoms with E-state index in [1.54, 1.807) is 24.0 Å². The molecule has 0 aromatic heterocycles. The largest absolute Gasteiger partial charge is 0.331 e. The van der Waals surface area contributed by atoms with E-state index in [1.165, 1.54) is 30.9 Å². The quantitative estimate of drug-likeness (QED) is 0.321. The first-order valence-corrected chi connectivity index (χ1v) is 14.9. The van der Waals surface area contributed by atoms with Crippen LogP contribution in [-0.2, 0) is 16.8 Å². The summed E-state index contributed by atoms with van der Waals surface area (Å²) in [5.41, 5.74) is 4.56. The number of hydrogen-bond acceptors (Lipinski definition) is 3. The van der Waals surface area contributed by atoms with E-state index in [4.69, 9.17) is 0 Å². The summed E-state index contributed by atoms with van der Waals surface area (Å²) in [5, 5.41) is 6.74. The Labute approximate surface area is 243 Å². The van der Waals surface area contributed by atoms with Crippen molar-refractivity contribution in [2.24, 2.45) is 5.92 Å². The van der Waals surface area contributed by atoms with Gasteiger partial charge in [0.05, 0.1) is 17.5 Å². The molecule has 1 heterocycles. The second kappa shape index (κ2) is 12.2. The molecule has 216 valence electrons. The molecule has 0 radical (unpaired) electrons. The van der Waals surface area contributed by atoms with Crippen molar-refractivity contribution in [1.29, 1.82) is 0 Å². The van der Waals surface area contributed by atoms with Crippen LogP contribution in [0.3, 0.4) is 0 Å². The van der Waals surface area contributed by atoms with Crippen molar-refractivity contribution in [3.05, 3.63) is 100 Å². The lowest BCUT2D eigenvalue weighted by Crippen LogP contribution is -2.46. The predicted molar refractivity (Wildman–Crippen MR) is 162 cm³/mol. The van der Waals surface area contributed by atoms with Gasteiger partial charge in [0.1, 0.15) is 5.82 Å². The molecule has 0 bridgehead atoms. The average molecular weight is 556 g/mol. The minimum atomic E-state index is -0.531. The average Bonchev–Trinajstić information content (AvgIpc) is 2.91. The summed E-state index contributed by atoms with van der Waals surface area (Å²) >= 11 is 0. The van der Waals surface area contributed by atoms with Crippen molar-refractivity contribution in [1.82, 2.24) is 10.2 Å². The second-order valence-corrected chi connectivity index (χ2v) is 12.7. The Morgan fingerprint density at radius 2 is 1.68 bits per heavy atom. The van der Waals surface area contributed by atoms with Gasteiger partial charge in [-0.25, -0.2) is 4.39 Å². The number of benzene rings is 3. The molecule has 1 aliphatic heterocycles. The van der Waals surface area contributed by atoms with E-state index in [0.717, 1.165) is 23.4 Å². The Morgan fingerprint density at radius 1 is 0.951 bits per heavy atom. The first-order valence-electron chi connectivity index (χ1n) is 14.9. The molecule has 0 spiro atoms. The summed E-state index contributed by atoms with van der Waals surface area (Å²) in [6.07, 6.45) is 5.04. The molecule has 2 fully saturated rings. The zero-order chi connectivity index (χ0) is 29.1. The van der Waals surface area contributed by atoms with E-state index in [2.05, 4.69) is 49.6 Å². The molecular weight excluding hydrogens is 513 g/mol. The van der Waals surface area contributed by atoms with E-state index in [9.17, 15) is 14.0 Å². The van der Waals surface area contributed by atoms with Gasteiger partial charge in [-0.1, -0.05) is 75.7 Å². The highest BCUT2D eigenvalue weighted by Crippen LogP contribution is 2.39. The summed E-state index contributed by atoms with van der Waals surface area (Å²) in [6, 6.07) is 21.0. The lowest BCUT2D eigenvalue weighted by Gasteiger charge is -2.41. The number of carbonyl (C=O) groups excluding carboxylic acids is 2. The number of anilines is 1. The van der Waals surface area contributed by atoms with Gasteiger partial charge < -0.3 is 15.5 Å². The number of piperidine rings is 1. The van der Waals surface area contributed by atoms with Crippen molar-refractivity contribution in [2.75, 3.05) is 11.9 Å². The molecule has 3 aromatic rings. The zero-order valence-electron chi connectivity index (χ0n) is 24.7. The molecule has 2 N–H and O–H groups in total. The molecule has 2 aliphatic rings. The summed E-state index contributed by atoms with van der Waals surface area (Å²) in [4.78, 5) is 29.6. The molecule has 5 nitrogen and oxygen atoms in total. The number of rotatable bonds is 7. The van der Waals surface area contributed by atoms with Crippen LogP contribution in [0.15, 0.2) is 66.7 Å². The van der Waals surface area contributed by atoms with Crippen LogP contribution in [0.5, 0.6) is 0 Å². The second-order valence-electron chi connectivity index (χ2n) is 12.7. The highest BCUT2D eigenvalue weighted by molar-refractivity contribution is 5.98. The van der Waals surface area contributed by atoms with Crippen molar-refractivity contribution in [3.63, 3.8) is 0 Å². The summed E-state index contributed by atoms with van der Waals surface area (Å²) in [7, 11) is 0. The van der Waals surface area contributed by atoms with Gasteiger partial charge in [0, 0.05) is 24.8 Å². The monoisotopic (exact) mass is 555 g/mol. The number of carbonyl (C=O) groups is 2. The van der Waals surface area contributed by atoms with Crippen LogP contribution in [0.25, 0.3) is 0 Å². The van der Waals surface area contributed by atoms with Crippen LogP contribution in [-0.4, -0.2) is 29.3 Å². The van der Waals surface area contributed by atoms with Crippen LogP contribution >= 0.6 is 0 Å². The maximum atomic E-state index is 15.0. The summed E-state index contributed by atoms with van der Waals surface area (Å²) < 4.78 is 15.0. The maximum Gasteiger partial charge on any atom is 0.257 e. The number of nitrogens with one attached hydrogen (secondary N) is 2. The third-order valence-corrected chi connectivity index (χ3v) is 8.68. The number of likely N-dealkylation sites (tertiary alicyclic amines) is 1. The SMILES string of the molecule is Cc1cccc(F)c1C(=O)N1CCCC(C(=O)Nc2cccc(C(C)(C)C)c2)[C@@H]1c1ccc(CNC2CCC2)cc1.